The predicted molar refractivity (Wildman–Crippen MR) is 63.4 cm³/mol. The molecule has 1 radical (unpaired) electrons. The number of hydrogen-bond donors (Lipinski definition) is 0. The molecule has 2 aliphatic carbocycles. The van der Waals surface area contributed by atoms with E-state index in [9.17, 15) is 0 Å². The Kier molecular flexibility index (Phi) is 1.92. The summed E-state index contributed by atoms with van der Waals surface area (Å²) in [6, 6.07) is 8.42. The zero-order valence-electron chi connectivity index (χ0n) is 8.35. The van der Waals surface area contributed by atoms with Crippen LogP contribution in [0.2, 0.25) is 0 Å². The van der Waals surface area contributed by atoms with E-state index in [1.165, 1.54) is 16.0 Å². The van der Waals surface area contributed by atoms with Crippen LogP contribution < -0.4 is 10.4 Å². The van der Waals surface area contributed by atoms with Crippen LogP contribution in [-0.2, 0) is 0 Å². The van der Waals surface area contributed by atoms with E-state index in [0.717, 1.165) is 0 Å². The topological polar surface area (TPSA) is 0 Å². The van der Waals surface area contributed by atoms with Crippen LogP contribution in [0.25, 0.3) is 11.6 Å². The van der Waals surface area contributed by atoms with Crippen LogP contribution in [0.5, 0.6) is 0 Å². The van der Waals surface area contributed by atoms with Crippen molar-refractivity contribution < 1.29 is 0 Å². The van der Waals surface area contributed by atoms with Crippen molar-refractivity contribution in [1.29, 1.82) is 0 Å². The van der Waals surface area contributed by atoms with E-state index in [1.54, 1.807) is 0 Å². The molecule has 0 saturated heterocycles. The molecule has 15 heavy (non-hydrogen) atoms. The Morgan fingerprint density at radius 3 is 2.93 bits per heavy atom. The second-order valence-corrected chi connectivity index (χ2v) is 3.77. The minimum atomic E-state index is 0.408. The molecular weight excluding hydrogens is 180 g/mol. The highest BCUT2D eigenvalue weighted by Crippen LogP contribution is 2.20. The lowest BCUT2D eigenvalue weighted by atomic mass is 9.93. The van der Waals surface area contributed by atoms with Gasteiger partial charge in [0, 0.05) is 5.92 Å². The van der Waals surface area contributed by atoms with E-state index in [4.69, 9.17) is 0 Å². The highest BCUT2D eigenvalue weighted by Gasteiger charge is 2.09. The van der Waals surface area contributed by atoms with Gasteiger partial charge in [-0.1, -0.05) is 60.7 Å². The molecule has 1 aromatic rings. The molecule has 0 saturated carbocycles. The summed E-state index contributed by atoms with van der Waals surface area (Å²) in [5.74, 6) is 0.408. The summed E-state index contributed by atoms with van der Waals surface area (Å²) in [4.78, 5) is 0. The van der Waals surface area contributed by atoms with Crippen LogP contribution in [0.4, 0.5) is 0 Å². The molecule has 71 valence electrons. The molecule has 1 unspecified atom stereocenters. The minimum Gasteiger partial charge on any atom is -0.0732 e. The van der Waals surface area contributed by atoms with Gasteiger partial charge in [0.25, 0.3) is 0 Å². The Hall–Kier alpha value is -1.82. The molecule has 1 aromatic carbocycles. The van der Waals surface area contributed by atoms with Crippen LogP contribution in [0.15, 0.2) is 60.7 Å². The molecule has 0 nitrogen and oxygen atoms in total. The van der Waals surface area contributed by atoms with Crippen molar-refractivity contribution in [3.8, 4) is 0 Å². The molecule has 0 heterocycles. The maximum Gasteiger partial charge on any atom is 0.0211 e. The number of fused-ring (bicyclic) bond motifs is 2. The van der Waals surface area contributed by atoms with Crippen molar-refractivity contribution in [2.45, 2.75) is 0 Å². The molecule has 0 spiro atoms. The van der Waals surface area contributed by atoms with Crippen molar-refractivity contribution in [2.75, 3.05) is 0 Å². The first-order valence-electron chi connectivity index (χ1n) is 5.19. The fourth-order valence-electron chi connectivity index (χ4n) is 2.10. The van der Waals surface area contributed by atoms with Gasteiger partial charge in [-0.2, -0.15) is 0 Å². The lowest BCUT2D eigenvalue weighted by Gasteiger charge is -2.11. The molecule has 0 N–H and O–H groups in total. The third-order valence-electron chi connectivity index (χ3n) is 2.84. The Morgan fingerprint density at radius 2 is 1.93 bits per heavy atom. The summed E-state index contributed by atoms with van der Waals surface area (Å²) in [5.41, 5.74) is 1.37. The molecule has 1 atom stereocenters. The lowest BCUT2D eigenvalue weighted by molar-refractivity contribution is 1.08. The van der Waals surface area contributed by atoms with Gasteiger partial charge >= 0.3 is 0 Å². The van der Waals surface area contributed by atoms with E-state index < -0.39 is 0 Å². The van der Waals surface area contributed by atoms with E-state index >= 15 is 0 Å². The number of rotatable bonds is 0. The second-order valence-electron chi connectivity index (χ2n) is 3.77. The van der Waals surface area contributed by atoms with E-state index in [2.05, 4.69) is 60.7 Å². The molecule has 0 aromatic heterocycles. The molecule has 2 aliphatic rings. The van der Waals surface area contributed by atoms with Crippen LogP contribution in [0.1, 0.15) is 0 Å². The molecule has 0 amide bonds. The number of hydrogen-bond acceptors (Lipinski definition) is 0. The number of allylic oxidation sites excluding steroid dienone is 6. The number of benzene rings is 1. The molecular formula is C15H11. The van der Waals surface area contributed by atoms with Gasteiger partial charge in [0.2, 0.25) is 0 Å². The van der Waals surface area contributed by atoms with Crippen molar-refractivity contribution in [3.63, 3.8) is 0 Å². The third-order valence-corrected chi connectivity index (χ3v) is 2.84. The highest BCUT2D eigenvalue weighted by molar-refractivity contribution is 5.68. The van der Waals surface area contributed by atoms with Crippen molar-refractivity contribution in [1.82, 2.24) is 0 Å². The highest BCUT2D eigenvalue weighted by atomic mass is 14.1. The average molecular weight is 191 g/mol. The quantitative estimate of drug-likeness (QED) is 0.586. The van der Waals surface area contributed by atoms with Gasteiger partial charge in [0.1, 0.15) is 0 Å². The summed E-state index contributed by atoms with van der Waals surface area (Å²) in [5, 5.41) is 2.49. The summed E-state index contributed by atoms with van der Waals surface area (Å²) < 4.78 is 0. The lowest BCUT2D eigenvalue weighted by Crippen LogP contribution is -2.27. The van der Waals surface area contributed by atoms with Gasteiger partial charge in [0.05, 0.1) is 0 Å². The SMILES string of the molecule is [C]1=c2ccccc2=C2C=CC=CC2C=C1. The van der Waals surface area contributed by atoms with Gasteiger partial charge in [-0.15, -0.1) is 0 Å². The predicted octanol–water partition coefficient (Wildman–Crippen LogP) is 1.81. The van der Waals surface area contributed by atoms with Crippen molar-refractivity contribution >= 4 is 11.6 Å². The maximum atomic E-state index is 3.31. The van der Waals surface area contributed by atoms with Gasteiger partial charge in [-0.3, -0.25) is 0 Å². The molecule has 0 heteroatoms. The second kappa shape index (κ2) is 3.39. The maximum absolute atomic E-state index is 3.31. The smallest absolute Gasteiger partial charge is 0.0211 e. The monoisotopic (exact) mass is 191 g/mol. The fraction of sp³-hybridized carbons (Fsp3) is 0.0667. The summed E-state index contributed by atoms with van der Waals surface area (Å²) >= 11 is 0. The largest absolute Gasteiger partial charge is 0.0732 e. The Morgan fingerprint density at radius 1 is 1.00 bits per heavy atom. The Balaban J connectivity index is 2.43. The first kappa shape index (κ1) is 8.49. The summed E-state index contributed by atoms with van der Waals surface area (Å²) in [6.45, 7) is 0. The normalized spacial score (nSPS) is 21.6. The molecule has 0 fully saturated rings. The van der Waals surface area contributed by atoms with Crippen LogP contribution in [0, 0.1) is 5.92 Å². The van der Waals surface area contributed by atoms with E-state index in [0.29, 0.717) is 5.92 Å². The van der Waals surface area contributed by atoms with Crippen molar-refractivity contribution in [2.24, 2.45) is 5.92 Å². The van der Waals surface area contributed by atoms with E-state index in [-0.39, 0.29) is 0 Å². The average Bonchev–Trinajstić information content (AvgIpc) is 2.48. The minimum absolute atomic E-state index is 0.408. The first-order chi connectivity index (χ1) is 7.45. The van der Waals surface area contributed by atoms with Crippen LogP contribution in [-0.4, -0.2) is 0 Å². The molecule has 3 rings (SSSR count). The van der Waals surface area contributed by atoms with Gasteiger partial charge in [0.15, 0.2) is 0 Å². The van der Waals surface area contributed by atoms with Gasteiger partial charge < -0.3 is 0 Å². The zero-order valence-corrected chi connectivity index (χ0v) is 8.35. The third kappa shape index (κ3) is 1.39. The Bertz CT molecular complexity index is 583. The Labute approximate surface area is 89.3 Å². The van der Waals surface area contributed by atoms with Crippen LogP contribution >= 0.6 is 0 Å². The first-order valence-corrected chi connectivity index (χ1v) is 5.19. The molecule has 0 bridgehead atoms. The van der Waals surface area contributed by atoms with Crippen LogP contribution in [0.3, 0.4) is 0 Å². The fourth-order valence-corrected chi connectivity index (χ4v) is 2.10. The van der Waals surface area contributed by atoms with Crippen molar-refractivity contribution in [3.05, 3.63) is 71.2 Å². The zero-order chi connectivity index (χ0) is 10.1. The summed E-state index contributed by atoms with van der Waals surface area (Å²) in [6.07, 6.45) is 16.1. The van der Waals surface area contributed by atoms with Gasteiger partial charge in [-0.05, 0) is 22.1 Å². The van der Waals surface area contributed by atoms with Gasteiger partial charge in [-0.25, -0.2) is 0 Å². The van der Waals surface area contributed by atoms with E-state index in [1.807, 2.05) is 6.08 Å². The summed E-state index contributed by atoms with van der Waals surface area (Å²) in [7, 11) is 0. The standard InChI is InChI=1S/C15H11/c1-3-10-14-12(6-1)8-5-9-13-7-2-4-11-15(13)14/h1-8,10-12H. The molecule has 0 aliphatic heterocycles.